The molecular weight excluding hydrogens is 328 g/mol. The Hall–Kier alpha value is -2.50. The zero-order chi connectivity index (χ0) is 18.8. The van der Waals surface area contributed by atoms with Crippen LogP contribution in [0.25, 0.3) is 10.9 Å². The number of hydrogen-bond acceptors (Lipinski definition) is 4. The largest absolute Gasteiger partial charge is 0.497 e. The van der Waals surface area contributed by atoms with Crippen LogP contribution in [0.4, 0.5) is 10.6 Å². The second-order valence-corrected chi connectivity index (χ2v) is 7.21. The third-order valence-electron chi connectivity index (χ3n) is 5.16. The average Bonchev–Trinajstić information content (AvgIpc) is 2.66. The highest BCUT2D eigenvalue weighted by Crippen LogP contribution is 2.28. The number of nitrogens with zero attached hydrogens (tertiary/aromatic N) is 4. The maximum Gasteiger partial charge on any atom is 0.319 e. The van der Waals surface area contributed by atoms with Crippen LogP contribution in [0.5, 0.6) is 5.75 Å². The van der Waals surface area contributed by atoms with Gasteiger partial charge in [0.15, 0.2) is 0 Å². The fourth-order valence-electron chi connectivity index (χ4n) is 3.60. The fraction of sp³-hybridized carbons (Fsp3) is 0.500. The molecule has 1 aliphatic rings. The summed E-state index contributed by atoms with van der Waals surface area (Å²) < 4.78 is 5.34. The van der Waals surface area contributed by atoms with E-state index in [2.05, 4.69) is 24.0 Å². The van der Waals surface area contributed by atoms with Crippen molar-refractivity contribution in [3.05, 3.63) is 29.8 Å². The first-order valence-corrected chi connectivity index (χ1v) is 9.05. The molecule has 140 valence electrons. The lowest BCUT2D eigenvalue weighted by atomic mass is 10.0. The smallest absolute Gasteiger partial charge is 0.319 e. The summed E-state index contributed by atoms with van der Waals surface area (Å²) >= 11 is 0. The van der Waals surface area contributed by atoms with Crippen molar-refractivity contribution in [1.82, 2.24) is 14.8 Å². The summed E-state index contributed by atoms with van der Waals surface area (Å²) in [6.45, 7) is 3.88. The zero-order valence-corrected chi connectivity index (χ0v) is 16.3. The maximum absolute atomic E-state index is 12.3. The Bertz CT molecular complexity index is 806. The van der Waals surface area contributed by atoms with Crippen molar-refractivity contribution in [1.29, 1.82) is 0 Å². The van der Waals surface area contributed by atoms with E-state index >= 15 is 0 Å². The van der Waals surface area contributed by atoms with E-state index < -0.39 is 0 Å². The Morgan fingerprint density at radius 3 is 2.73 bits per heavy atom. The van der Waals surface area contributed by atoms with Crippen molar-refractivity contribution in [3.8, 4) is 5.75 Å². The average molecular weight is 356 g/mol. The Kier molecular flexibility index (Phi) is 5.20. The quantitative estimate of drug-likeness (QED) is 0.848. The van der Waals surface area contributed by atoms with Gasteiger partial charge in [0.25, 0.3) is 0 Å². The molecule has 1 aliphatic heterocycles. The van der Waals surface area contributed by atoms with E-state index in [0.717, 1.165) is 48.4 Å². The Balaban J connectivity index is 1.87. The molecule has 0 bridgehead atoms. The van der Waals surface area contributed by atoms with Crippen LogP contribution in [0.2, 0.25) is 0 Å². The molecule has 0 aliphatic carbocycles. The minimum atomic E-state index is 0.0456. The summed E-state index contributed by atoms with van der Waals surface area (Å²) in [5.41, 5.74) is 2.15. The van der Waals surface area contributed by atoms with Crippen LogP contribution in [-0.2, 0) is 0 Å². The highest BCUT2D eigenvalue weighted by Gasteiger charge is 2.27. The molecule has 1 saturated heterocycles. The van der Waals surface area contributed by atoms with Crippen LogP contribution in [0.15, 0.2) is 24.3 Å². The van der Waals surface area contributed by atoms with Gasteiger partial charge in [-0.05, 0) is 43.5 Å². The topological polar surface area (TPSA) is 48.9 Å². The van der Waals surface area contributed by atoms with E-state index in [1.54, 1.807) is 26.1 Å². The number of benzene rings is 1. The van der Waals surface area contributed by atoms with Gasteiger partial charge in [-0.1, -0.05) is 0 Å². The number of carbonyl (C=O) groups is 1. The van der Waals surface area contributed by atoms with Gasteiger partial charge in [0, 0.05) is 45.7 Å². The normalized spacial score (nSPS) is 17.3. The van der Waals surface area contributed by atoms with Crippen LogP contribution >= 0.6 is 0 Å². The molecule has 3 rings (SSSR count). The molecule has 1 aromatic heterocycles. The van der Waals surface area contributed by atoms with Crippen molar-refractivity contribution in [2.75, 3.05) is 46.2 Å². The molecule has 1 unspecified atom stereocenters. The molecular formula is C20H28N4O2. The predicted molar refractivity (Wildman–Crippen MR) is 105 cm³/mol. The second kappa shape index (κ2) is 7.40. The lowest BCUT2D eigenvalue weighted by molar-refractivity contribution is 0.157. The van der Waals surface area contributed by atoms with Gasteiger partial charge in [-0.15, -0.1) is 0 Å². The number of methoxy groups -OCH3 is 1. The number of amides is 2. The molecule has 6 nitrogen and oxygen atoms in total. The number of rotatable bonds is 3. The maximum atomic E-state index is 12.3. The van der Waals surface area contributed by atoms with E-state index in [9.17, 15) is 4.79 Å². The molecule has 1 aromatic carbocycles. The van der Waals surface area contributed by atoms with Crippen LogP contribution < -0.4 is 9.64 Å². The number of aryl methyl sites for hydroxylation is 1. The highest BCUT2D eigenvalue weighted by atomic mass is 16.5. The molecule has 2 amide bonds. The Labute approximate surface area is 155 Å². The minimum absolute atomic E-state index is 0.0456. The molecule has 2 heterocycles. The summed E-state index contributed by atoms with van der Waals surface area (Å²) in [5, 5.41) is 1.14. The fourth-order valence-corrected chi connectivity index (χ4v) is 3.60. The molecule has 0 radical (unpaired) electrons. The molecule has 0 spiro atoms. The number of ether oxygens (including phenoxy) is 1. The lowest BCUT2D eigenvalue weighted by Crippen LogP contribution is -2.51. The summed E-state index contributed by atoms with van der Waals surface area (Å²) in [4.78, 5) is 22.9. The first-order chi connectivity index (χ1) is 12.4. The molecule has 0 saturated carbocycles. The van der Waals surface area contributed by atoms with Gasteiger partial charge in [0.05, 0.1) is 18.7 Å². The van der Waals surface area contributed by atoms with Crippen molar-refractivity contribution < 1.29 is 9.53 Å². The van der Waals surface area contributed by atoms with Gasteiger partial charge in [0.2, 0.25) is 0 Å². The number of fused-ring (bicyclic) bond motifs is 1. The molecule has 1 fully saturated rings. The minimum Gasteiger partial charge on any atom is -0.497 e. The van der Waals surface area contributed by atoms with Gasteiger partial charge in [-0.2, -0.15) is 0 Å². The third kappa shape index (κ3) is 3.54. The number of likely N-dealkylation sites (N-methyl/N-ethyl adjacent to an activating group) is 1. The van der Waals surface area contributed by atoms with E-state index in [0.29, 0.717) is 0 Å². The van der Waals surface area contributed by atoms with Gasteiger partial charge in [0.1, 0.15) is 11.6 Å². The molecule has 1 atom stereocenters. The lowest BCUT2D eigenvalue weighted by Gasteiger charge is -2.39. The van der Waals surface area contributed by atoms with Crippen LogP contribution in [0.3, 0.4) is 0 Å². The van der Waals surface area contributed by atoms with E-state index in [-0.39, 0.29) is 12.1 Å². The summed E-state index contributed by atoms with van der Waals surface area (Å²) in [7, 11) is 7.15. The monoisotopic (exact) mass is 356 g/mol. The van der Waals surface area contributed by atoms with E-state index in [1.165, 1.54) is 5.56 Å². The van der Waals surface area contributed by atoms with E-state index in [4.69, 9.17) is 9.72 Å². The number of anilines is 1. The van der Waals surface area contributed by atoms with Gasteiger partial charge < -0.3 is 19.4 Å². The highest BCUT2D eigenvalue weighted by molar-refractivity contribution is 5.85. The van der Waals surface area contributed by atoms with Gasteiger partial charge >= 0.3 is 6.03 Å². The molecule has 26 heavy (non-hydrogen) atoms. The molecule has 0 N–H and O–H groups in total. The number of urea groups is 1. The number of hydrogen-bond donors (Lipinski definition) is 0. The first-order valence-electron chi connectivity index (χ1n) is 9.05. The van der Waals surface area contributed by atoms with Crippen molar-refractivity contribution in [2.45, 2.75) is 25.8 Å². The molecule has 6 heteroatoms. The van der Waals surface area contributed by atoms with Crippen molar-refractivity contribution in [2.24, 2.45) is 0 Å². The molecule has 2 aromatic rings. The van der Waals surface area contributed by atoms with Gasteiger partial charge in [-0.25, -0.2) is 9.78 Å². The third-order valence-corrected chi connectivity index (χ3v) is 5.16. The number of aromatic nitrogens is 1. The van der Waals surface area contributed by atoms with Gasteiger partial charge in [-0.3, -0.25) is 0 Å². The Morgan fingerprint density at radius 1 is 1.27 bits per heavy atom. The van der Waals surface area contributed by atoms with Crippen LogP contribution in [0, 0.1) is 6.92 Å². The van der Waals surface area contributed by atoms with Crippen LogP contribution in [0.1, 0.15) is 18.4 Å². The number of pyridine rings is 1. The van der Waals surface area contributed by atoms with Crippen molar-refractivity contribution in [3.63, 3.8) is 0 Å². The first kappa shape index (κ1) is 18.3. The standard InChI is InChI=1S/C20H28N4O2/c1-14-11-19(21-18-12-16(26-5)8-9-17(14)18)24-10-6-7-15(13-24)23(4)20(25)22(2)3/h8-9,11-12,15H,6-7,10,13H2,1-5H3. The SMILES string of the molecule is COc1ccc2c(C)cc(N3CCCC(N(C)C(=O)N(C)C)C3)nc2c1. The summed E-state index contributed by atoms with van der Waals surface area (Å²) in [5.74, 6) is 1.79. The number of carbonyl (C=O) groups excluding carboxylic acids is 1. The number of piperidine rings is 1. The zero-order valence-electron chi connectivity index (χ0n) is 16.3. The second-order valence-electron chi connectivity index (χ2n) is 7.21. The Morgan fingerprint density at radius 2 is 2.04 bits per heavy atom. The predicted octanol–water partition coefficient (Wildman–Crippen LogP) is 3.13. The summed E-state index contributed by atoms with van der Waals surface area (Å²) in [6, 6.07) is 8.39. The summed E-state index contributed by atoms with van der Waals surface area (Å²) in [6.07, 6.45) is 2.07. The van der Waals surface area contributed by atoms with Crippen LogP contribution in [-0.4, -0.2) is 68.2 Å². The van der Waals surface area contributed by atoms with Crippen molar-refractivity contribution >= 4 is 22.8 Å². The van der Waals surface area contributed by atoms with E-state index in [1.807, 2.05) is 24.1 Å².